The molecule has 0 heterocycles. The van der Waals surface area contributed by atoms with Crippen molar-refractivity contribution in [2.24, 2.45) is 30.4 Å². The molecule has 2 aliphatic carbocycles. The summed E-state index contributed by atoms with van der Waals surface area (Å²) in [6, 6.07) is 8.26. The molecular weight excluding hydrogens is 774 g/mol. The van der Waals surface area contributed by atoms with Gasteiger partial charge in [0.1, 0.15) is 16.7 Å². The quantitative estimate of drug-likeness (QED) is 0.0561. The second kappa shape index (κ2) is 18.6. The summed E-state index contributed by atoms with van der Waals surface area (Å²) in [4.78, 5) is 32.4. The molecule has 266 valence electrons. The predicted octanol–water partition coefficient (Wildman–Crippen LogP) is -3.40. The summed E-state index contributed by atoms with van der Waals surface area (Å²) in [5.74, 6) is 0. The maximum atomic E-state index is 13.0. The number of anilines is 2. The van der Waals surface area contributed by atoms with Crippen LogP contribution < -0.4 is 91.1 Å². The van der Waals surface area contributed by atoms with Crippen LogP contribution in [0.2, 0.25) is 0 Å². The van der Waals surface area contributed by atoms with Crippen molar-refractivity contribution >= 4 is 66.6 Å². The molecule has 0 saturated heterocycles. The summed E-state index contributed by atoms with van der Waals surface area (Å²) in [7, 11) is -9.15. The van der Waals surface area contributed by atoms with Crippen LogP contribution in [-0.4, -0.2) is 51.5 Å². The molecule has 5 rings (SSSR count). The van der Waals surface area contributed by atoms with Gasteiger partial charge in [-0.15, -0.1) is 15.4 Å². The van der Waals surface area contributed by atoms with Gasteiger partial charge in [0.15, 0.2) is 5.36 Å². The zero-order valence-corrected chi connectivity index (χ0v) is 33.4. The fraction of sp³-hybridized carbons (Fsp3) is 0. The van der Waals surface area contributed by atoms with E-state index in [-0.39, 0.29) is 110 Å². The molecule has 3 aromatic rings. The molecule has 0 amide bonds. The standard InChI is InChI=1S/C30H22N8O12S2.2Na/c39-26-14-13-25(35-33-19-5-1-17(2-6-19)31-23-11-9-21(37(41)42)15-27(23)51(45,46)47)30(40)29(26)36-34-20-7-3-18(4-8-20)32-24-12-10-22(38(43)44)16-28(24)52(48,49)50;;/h1-16,43-44H,(H2,45,46,47)(H2,48,49,50);;/q;2*+1. The molecule has 0 aliphatic heterocycles. The predicted molar refractivity (Wildman–Crippen MR) is 189 cm³/mol. The number of hydrogen-bond acceptors (Lipinski definition) is 16. The van der Waals surface area contributed by atoms with Crippen LogP contribution in [0.25, 0.3) is 0 Å². The summed E-state index contributed by atoms with van der Waals surface area (Å²) in [5, 5.41) is 54.0. The van der Waals surface area contributed by atoms with Gasteiger partial charge >= 0.3 is 80.1 Å². The number of rotatable bonds is 8. The summed E-state index contributed by atoms with van der Waals surface area (Å²) in [6.07, 6.45) is 11.3. The molecule has 0 unspecified atom stereocenters. The van der Waals surface area contributed by atoms with E-state index in [0.29, 0.717) is 0 Å². The second-order valence-electron chi connectivity index (χ2n) is 10.3. The van der Waals surface area contributed by atoms with Gasteiger partial charge in [0, 0.05) is 17.8 Å². The Labute approximate surface area is 349 Å². The minimum atomic E-state index is -4.60. The first-order chi connectivity index (χ1) is 24.5. The van der Waals surface area contributed by atoms with Crippen molar-refractivity contribution in [3.8, 4) is 0 Å². The summed E-state index contributed by atoms with van der Waals surface area (Å²) >= 11 is 0. The average molecular weight is 797 g/mol. The van der Waals surface area contributed by atoms with E-state index in [1.54, 1.807) is 0 Å². The van der Waals surface area contributed by atoms with Gasteiger partial charge in [-0.2, -0.15) is 28.4 Å². The maximum Gasteiger partial charge on any atom is 1.00 e. The van der Waals surface area contributed by atoms with Crippen molar-refractivity contribution in [3.63, 3.8) is 0 Å². The van der Waals surface area contributed by atoms with Crippen molar-refractivity contribution in [1.29, 1.82) is 0 Å². The van der Waals surface area contributed by atoms with Gasteiger partial charge in [0.25, 0.3) is 9.79 Å². The van der Waals surface area contributed by atoms with E-state index >= 15 is 0 Å². The third-order valence-corrected chi connectivity index (χ3v) is 8.51. The van der Waals surface area contributed by atoms with Crippen molar-refractivity contribution in [2.45, 2.75) is 9.79 Å². The SMILES string of the molecule is O=c1ccc(=NN=C2C=CC(=Nc3ccc(N([O-])[O-])cc3[S+](=O)(O)O)C=C2)c(=O)c1=NN=C1C=CC(=Nc2ccc(N(O)O)cc2[S+](=O)(O)O)C=C1.[Na+].[Na+]. The van der Waals surface area contributed by atoms with Crippen molar-refractivity contribution in [2.75, 3.05) is 10.5 Å². The molecule has 20 nitrogen and oxygen atoms in total. The first-order valence-corrected chi connectivity index (χ1v) is 17.0. The van der Waals surface area contributed by atoms with Crippen LogP contribution in [0.5, 0.6) is 0 Å². The Morgan fingerprint density at radius 3 is 1.43 bits per heavy atom. The zero-order valence-electron chi connectivity index (χ0n) is 27.8. The van der Waals surface area contributed by atoms with Crippen LogP contribution in [0, 0.1) is 10.4 Å². The number of nitrogens with zero attached hydrogens (tertiary/aromatic N) is 8. The Morgan fingerprint density at radius 1 is 0.556 bits per heavy atom. The van der Waals surface area contributed by atoms with E-state index in [1.165, 1.54) is 54.7 Å². The van der Waals surface area contributed by atoms with Crippen LogP contribution in [0.1, 0.15) is 0 Å². The van der Waals surface area contributed by atoms with Gasteiger partial charge in [0.05, 0.1) is 28.5 Å². The van der Waals surface area contributed by atoms with Crippen LogP contribution in [0.3, 0.4) is 0 Å². The fourth-order valence-electron chi connectivity index (χ4n) is 4.26. The molecule has 0 radical (unpaired) electrons. The van der Waals surface area contributed by atoms with Crippen LogP contribution in [-0.2, 0) is 29.4 Å². The number of benzene rings is 3. The molecule has 3 aromatic carbocycles. The molecule has 6 N–H and O–H groups in total. The fourth-order valence-corrected chi connectivity index (χ4v) is 5.58. The second-order valence-corrected chi connectivity index (χ2v) is 13.1. The number of allylic oxidation sites excluding steroid dienone is 8. The van der Waals surface area contributed by atoms with E-state index in [1.807, 2.05) is 0 Å². The monoisotopic (exact) mass is 796 g/mol. The summed E-state index contributed by atoms with van der Waals surface area (Å²) in [5.41, 5.74) is -1.98. The Kier molecular flexibility index (Phi) is 15.3. The molecule has 0 aromatic heterocycles. The molecular formula is C30H22N8Na2O12S2+2. The molecule has 2 aliphatic rings. The first-order valence-electron chi connectivity index (χ1n) is 14.1. The van der Waals surface area contributed by atoms with Gasteiger partial charge < -0.3 is 15.6 Å². The van der Waals surface area contributed by atoms with Crippen molar-refractivity contribution in [3.05, 3.63) is 139 Å². The van der Waals surface area contributed by atoms with Crippen LogP contribution in [0.15, 0.2) is 147 Å². The van der Waals surface area contributed by atoms with E-state index in [2.05, 4.69) is 30.4 Å². The zero-order chi connectivity index (χ0) is 37.8. The van der Waals surface area contributed by atoms with Gasteiger partial charge in [-0.1, -0.05) is 0 Å². The molecule has 0 spiro atoms. The molecule has 0 saturated carbocycles. The first kappa shape index (κ1) is 44.5. The average Bonchev–Trinajstić information content (AvgIpc) is 3.08. The normalized spacial score (nSPS) is 14.4. The Hall–Kier alpha value is -3.92. The van der Waals surface area contributed by atoms with Crippen LogP contribution >= 0.6 is 0 Å². The minimum Gasteiger partial charge on any atom is -0.769 e. The molecule has 0 atom stereocenters. The van der Waals surface area contributed by atoms with Crippen LogP contribution in [0.4, 0.5) is 22.7 Å². The Bertz CT molecular complexity index is 2510. The molecule has 24 heteroatoms. The largest absolute Gasteiger partial charge is 1.00 e. The smallest absolute Gasteiger partial charge is 0.769 e. The van der Waals surface area contributed by atoms with Crippen molar-refractivity contribution in [1.82, 2.24) is 0 Å². The van der Waals surface area contributed by atoms with E-state index in [9.17, 15) is 46.6 Å². The summed E-state index contributed by atoms with van der Waals surface area (Å²) < 4.78 is 62.3. The third-order valence-electron chi connectivity index (χ3n) is 6.71. The maximum absolute atomic E-state index is 13.0. The molecule has 54 heavy (non-hydrogen) atoms. The van der Waals surface area contributed by atoms with E-state index < -0.39 is 57.9 Å². The van der Waals surface area contributed by atoms with Gasteiger partial charge in [-0.3, -0.25) is 20.0 Å². The van der Waals surface area contributed by atoms with Crippen molar-refractivity contribution < 1.29 is 96.2 Å². The number of hydrogen-bond donors (Lipinski definition) is 6. The molecule has 0 fully saturated rings. The minimum absolute atomic E-state index is 0. The number of aliphatic imine (C=N–C) groups is 2. The Morgan fingerprint density at radius 2 is 0.981 bits per heavy atom. The van der Waals surface area contributed by atoms with E-state index in [0.717, 1.165) is 42.5 Å². The topological polar surface area (TPSA) is 316 Å². The van der Waals surface area contributed by atoms with Gasteiger partial charge in [-0.25, -0.2) is 9.98 Å². The third kappa shape index (κ3) is 11.3. The van der Waals surface area contributed by atoms with Gasteiger partial charge in [0.2, 0.25) is 10.9 Å². The Balaban J connectivity index is 0.00000392. The van der Waals surface area contributed by atoms with Gasteiger partial charge in [-0.05, 0) is 93.4 Å². The summed E-state index contributed by atoms with van der Waals surface area (Å²) in [6.45, 7) is 0. The molecule has 0 bridgehead atoms. The van der Waals surface area contributed by atoms with E-state index in [4.69, 9.17) is 10.4 Å².